The van der Waals surface area contributed by atoms with E-state index in [1.54, 1.807) is 0 Å². The second kappa shape index (κ2) is 8.74. The first-order valence-electron chi connectivity index (χ1n) is 8.77. The molecule has 0 aromatic rings. The van der Waals surface area contributed by atoms with Gasteiger partial charge in [0.1, 0.15) is 0 Å². The van der Waals surface area contributed by atoms with Gasteiger partial charge in [0.25, 0.3) is 0 Å². The maximum absolute atomic E-state index is 12.3. The van der Waals surface area contributed by atoms with Crippen molar-refractivity contribution in [3.8, 4) is 0 Å². The Balaban J connectivity index is 1.70. The standard InChI is InChI=1S/C17H32N2O2/c1-3-18(14-16-7-11-21-12-8-16)10-6-17(20)19-9-4-5-15(2)13-19/h15-16H,3-14H2,1-2H3/t15-/m0/s1. The van der Waals surface area contributed by atoms with Crippen LogP contribution >= 0.6 is 0 Å². The van der Waals surface area contributed by atoms with Crippen LogP contribution in [-0.4, -0.2) is 61.6 Å². The van der Waals surface area contributed by atoms with Gasteiger partial charge < -0.3 is 14.5 Å². The number of piperidine rings is 1. The van der Waals surface area contributed by atoms with E-state index in [9.17, 15) is 4.79 Å². The Kier molecular flexibility index (Phi) is 6.97. The SMILES string of the molecule is CCN(CCC(=O)N1CCC[C@H](C)C1)CC1CCOCC1. The van der Waals surface area contributed by atoms with Gasteiger partial charge in [0.2, 0.25) is 5.91 Å². The summed E-state index contributed by atoms with van der Waals surface area (Å²) in [5.41, 5.74) is 0. The Bertz CT molecular complexity index is 316. The van der Waals surface area contributed by atoms with Gasteiger partial charge >= 0.3 is 0 Å². The molecule has 0 aromatic heterocycles. The summed E-state index contributed by atoms with van der Waals surface area (Å²) in [5, 5.41) is 0. The fourth-order valence-electron chi connectivity index (χ4n) is 3.50. The summed E-state index contributed by atoms with van der Waals surface area (Å²) in [6, 6.07) is 0. The number of amides is 1. The van der Waals surface area contributed by atoms with E-state index >= 15 is 0 Å². The van der Waals surface area contributed by atoms with Crippen LogP contribution in [0.2, 0.25) is 0 Å². The summed E-state index contributed by atoms with van der Waals surface area (Å²) in [6.07, 6.45) is 5.48. The van der Waals surface area contributed by atoms with Crippen LogP contribution in [0.25, 0.3) is 0 Å². The molecule has 0 bridgehead atoms. The Morgan fingerprint density at radius 3 is 2.71 bits per heavy atom. The first-order chi connectivity index (χ1) is 10.2. The van der Waals surface area contributed by atoms with E-state index in [0.29, 0.717) is 18.2 Å². The second-order valence-corrected chi connectivity index (χ2v) is 6.79. The summed E-state index contributed by atoms with van der Waals surface area (Å²) < 4.78 is 5.42. The Morgan fingerprint density at radius 2 is 2.05 bits per heavy atom. The maximum Gasteiger partial charge on any atom is 0.223 e. The highest BCUT2D eigenvalue weighted by Crippen LogP contribution is 2.18. The fraction of sp³-hybridized carbons (Fsp3) is 0.941. The van der Waals surface area contributed by atoms with Gasteiger partial charge in [0.05, 0.1) is 0 Å². The van der Waals surface area contributed by atoms with Crippen molar-refractivity contribution in [2.45, 2.75) is 46.0 Å². The third-order valence-electron chi connectivity index (χ3n) is 4.96. The lowest BCUT2D eigenvalue weighted by Crippen LogP contribution is -2.41. The van der Waals surface area contributed by atoms with Gasteiger partial charge in [-0.2, -0.15) is 0 Å². The van der Waals surface area contributed by atoms with E-state index in [-0.39, 0.29) is 0 Å². The van der Waals surface area contributed by atoms with Crippen molar-refractivity contribution in [1.29, 1.82) is 0 Å². The first kappa shape index (κ1) is 16.8. The lowest BCUT2D eigenvalue weighted by Gasteiger charge is -2.32. The molecule has 2 rings (SSSR count). The number of ether oxygens (including phenoxy) is 1. The molecule has 0 aliphatic carbocycles. The third-order valence-corrected chi connectivity index (χ3v) is 4.96. The molecule has 0 radical (unpaired) electrons. The van der Waals surface area contributed by atoms with E-state index in [2.05, 4.69) is 23.6 Å². The van der Waals surface area contributed by atoms with Crippen molar-refractivity contribution in [2.75, 3.05) is 45.9 Å². The van der Waals surface area contributed by atoms with Crippen molar-refractivity contribution in [3.05, 3.63) is 0 Å². The average Bonchev–Trinajstić information content (AvgIpc) is 2.52. The van der Waals surface area contributed by atoms with Crippen molar-refractivity contribution >= 4 is 5.91 Å². The number of rotatable bonds is 6. The normalized spacial score (nSPS) is 24.5. The van der Waals surface area contributed by atoms with Crippen LogP contribution < -0.4 is 0 Å². The topological polar surface area (TPSA) is 32.8 Å². The lowest BCUT2D eigenvalue weighted by atomic mass is 9.99. The highest BCUT2D eigenvalue weighted by atomic mass is 16.5. The number of likely N-dealkylation sites (tertiary alicyclic amines) is 1. The smallest absolute Gasteiger partial charge is 0.223 e. The van der Waals surface area contributed by atoms with Crippen LogP contribution in [0.15, 0.2) is 0 Å². The van der Waals surface area contributed by atoms with Crippen LogP contribution in [0, 0.1) is 11.8 Å². The molecule has 0 unspecified atom stereocenters. The molecule has 1 atom stereocenters. The largest absolute Gasteiger partial charge is 0.381 e. The van der Waals surface area contributed by atoms with Gasteiger partial charge in [-0.3, -0.25) is 4.79 Å². The first-order valence-corrected chi connectivity index (χ1v) is 8.77. The second-order valence-electron chi connectivity index (χ2n) is 6.79. The summed E-state index contributed by atoms with van der Waals surface area (Å²) in [5.74, 6) is 1.78. The van der Waals surface area contributed by atoms with Crippen LogP contribution in [-0.2, 0) is 9.53 Å². The molecular weight excluding hydrogens is 264 g/mol. The minimum absolute atomic E-state index is 0.354. The zero-order chi connectivity index (χ0) is 15.1. The van der Waals surface area contributed by atoms with Gasteiger partial charge in [-0.25, -0.2) is 0 Å². The molecule has 21 heavy (non-hydrogen) atoms. The highest BCUT2D eigenvalue weighted by molar-refractivity contribution is 5.76. The van der Waals surface area contributed by atoms with Gasteiger partial charge in [-0.15, -0.1) is 0 Å². The van der Waals surface area contributed by atoms with Crippen LogP contribution in [0.3, 0.4) is 0 Å². The van der Waals surface area contributed by atoms with Gasteiger partial charge in [-0.1, -0.05) is 13.8 Å². The molecule has 4 heteroatoms. The van der Waals surface area contributed by atoms with Gasteiger partial charge in [0.15, 0.2) is 0 Å². The van der Waals surface area contributed by atoms with E-state index in [4.69, 9.17) is 4.74 Å². The third kappa shape index (κ3) is 5.59. The van der Waals surface area contributed by atoms with Crippen molar-refractivity contribution in [1.82, 2.24) is 9.80 Å². The molecule has 0 saturated carbocycles. The van der Waals surface area contributed by atoms with Gasteiger partial charge in [-0.05, 0) is 44.1 Å². The van der Waals surface area contributed by atoms with Crippen LogP contribution in [0.4, 0.5) is 0 Å². The molecule has 4 nitrogen and oxygen atoms in total. The summed E-state index contributed by atoms with van der Waals surface area (Å²) >= 11 is 0. The summed E-state index contributed by atoms with van der Waals surface area (Å²) in [7, 11) is 0. The van der Waals surface area contributed by atoms with Crippen LogP contribution in [0.1, 0.15) is 46.0 Å². The average molecular weight is 296 g/mol. The number of carbonyl (C=O) groups excluding carboxylic acids is 1. The molecule has 2 fully saturated rings. The van der Waals surface area contributed by atoms with E-state index in [1.165, 1.54) is 25.7 Å². The van der Waals surface area contributed by atoms with Crippen molar-refractivity contribution in [2.24, 2.45) is 11.8 Å². The Hall–Kier alpha value is -0.610. The zero-order valence-corrected chi connectivity index (χ0v) is 13.9. The predicted molar refractivity (Wildman–Crippen MR) is 85.3 cm³/mol. The van der Waals surface area contributed by atoms with E-state index in [1.807, 2.05) is 0 Å². The van der Waals surface area contributed by atoms with Crippen molar-refractivity contribution in [3.63, 3.8) is 0 Å². The quantitative estimate of drug-likeness (QED) is 0.754. The maximum atomic E-state index is 12.3. The zero-order valence-electron chi connectivity index (χ0n) is 13.9. The number of hydrogen-bond donors (Lipinski definition) is 0. The van der Waals surface area contributed by atoms with Gasteiger partial charge in [0, 0.05) is 45.8 Å². The van der Waals surface area contributed by atoms with Crippen molar-refractivity contribution < 1.29 is 9.53 Å². The minimum atomic E-state index is 0.354. The highest BCUT2D eigenvalue weighted by Gasteiger charge is 2.22. The number of nitrogens with zero attached hydrogens (tertiary/aromatic N) is 2. The Labute approximate surface area is 129 Å². The summed E-state index contributed by atoms with van der Waals surface area (Å²) in [4.78, 5) is 16.9. The fourth-order valence-corrected chi connectivity index (χ4v) is 3.50. The summed E-state index contributed by atoms with van der Waals surface area (Å²) in [6.45, 7) is 11.3. The molecule has 0 spiro atoms. The molecule has 2 heterocycles. The monoisotopic (exact) mass is 296 g/mol. The molecule has 2 aliphatic rings. The number of hydrogen-bond acceptors (Lipinski definition) is 3. The molecule has 0 N–H and O–H groups in total. The molecule has 122 valence electrons. The molecule has 2 aliphatic heterocycles. The lowest BCUT2D eigenvalue weighted by molar-refractivity contribution is -0.133. The predicted octanol–water partition coefficient (Wildman–Crippen LogP) is 2.38. The molecule has 2 saturated heterocycles. The minimum Gasteiger partial charge on any atom is -0.381 e. The molecule has 1 amide bonds. The van der Waals surface area contributed by atoms with E-state index < -0.39 is 0 Å². The van der Waals surface area contributed by atoms with Crippen LogP contribution in [0.5, 0.6) is 0 Å². The van der Waals surface area contributed by atoms with E-state index in [0.717, 1.165) is 51.9 Å². The Morgan fingerprint density at radius 1 is 1.29 bits per heavy atom. The molecule has 0 aromatic carbocycles. The molecular formula is C17H32N2O2. The number of carbonyl (C=O) groups is 1.